The number of benzene rings is 2. The fourth-order valence-electron chi connectivity index (χ4n) is 3.59. The molecule has 0 aliphatic heterocycles. The van der Waals surface area contributed by atoms with Gasteiger partial charge in [0.2, 0.25) is 5.95 Å². The van der Waals surface area contributed by atoms with Crippen molar-refractivity contribution in [2.75, 3.05) is 18.1 Å². The lowest BCUT2D eigenvalue weighted by Crippen LogP contribution is -2.17. The van der Waals surface area contributed by atoms with Gasteiger partial charge in [-0.05, 0) is 23.8 Å². The molecule has 5 N–H and O–H groups in total. The summed E-state index contributed by atoms with van der Waals surface area (Å²) in [6.07, 6.45) is 2.91. The zero-order chi connectivity index (χ0) is 22.4. The summed E-state index contributed by atoms with van der Waals surface area (Å²) in [5, 5.41) is 9.77. The van der Waals surface area contributed by atoms with E-state index in [2.05, 4.69) is 30.7 Å². The van der Waals surface area contributed by atoms with Crippen LogP contribution in [0, 0.1) is 11.6 Å². The summed E-state index contributed by atoms with van der Waals surface area (Å²) < 4.78 is 28.8. The molecule has 0 saturated carbocycles. The smallest absolute Gasteiger partial charge is 0.253 e. The number of fused-ring (bicyclic) bond motifs is 2. The van der Waals surface area contributed by atoms with Gasteiger partial charge in [-0.1, -0.05) is 12.1 Å². The maximum absolute atomic E-state index is 13.9. The minimum Gasteiger partial charge on any atom is -0.382 e. The van der Waals surface area contributed by atoms with Gasteiger partial charge in [-0.2, -0.15) is 5.10 Å². The molecule has 0 aliphatic carbocycles. The molecule has 1 amide bonds. The van der Waals surface area contributed by atoms with Gasteiger partial charge in [-0.25, -0.2) is 23.3 Å². The van der Waals surface area contributed by atoms with Crippen LogP contribution in [0.3, 0.4) is 0 Å². The topological polar surface area (TPSA) is 126 Å². The van der Waals surface area contributed by atoms with Crippen LogP contribution in [0.2, 0.25) is 0 Å². The Balaban J connectivity index is 1.52. The van der Waals surface area contributed by atoms with Crippen LogP contribution in [-0.2, 0) is 0 Å². The molecule has 5 rings (SSSR count). The number of nitrogens with one attached hydrogen (secondary N) is 3. The highest BCUT2D eigenvalue weighted by Crippen LogP contribution is 2.33. The molecule has 0 atom stereocenters. The number of halogens is 2. The van der Waals surface area contributed by atoms with Gasteiger partial charge in [0, 0.05) is 30.6 Å². The molecule has 5 aromatic rings. The number of H-pyrrole nitrogens is 1. The minimum atomic E-state index is -0.748. The number of anilines is 3. The average molecular weight is 434 g/mol. The first kappa shape index (κ1) is 19.4. The van der Waals surface area contributed by atoms with Crippen LogP contribution < -0.4 is 16.4 Å². The third-order valence-corrected chi connectivity index (χ3v) is 5.01. The number of rotatable bonds is 4. The molecule has 11 heteroatoms. The molecule has 160 valence electrons. The van der Waals surface area contributed by atoms with E-state index in [1.807, 2.05) is 0 Å². The van der Waals surface area contributed by atoms with E-state index in [0.29, 0.717) is 22.3 Å². The Labute approximate surface area is 179 Å². The van der Waals surface area contributed by atoms with Crippen molar-refractivity contribution in [1.29, 1.82) is 0 Å². The van der Waals surface area contributed by atoms with Crippen molar-refractivity contribution < 1.29 is 13.6 Å². The van der Waals surface area contributed by atoms with Crippen LogP contribution in [0.15, 0.2) is 48.9 Å². The predicted molar refractivity (Wildman–Crippen MR) is 116 cm³/mol. The second-order valence-corrected chi connectivity index (χ2v) is 7.01. The number of hydrogen-bond acceptors (Lipinski definition) is 6. The third kappa shape index (κ3) is 3.16. The number of carbonyl (C=O) groups excluding carboxylic acids is 1. The van der Waals surface area contributed by atoms with Gasteiger partial charge in [0.1, 0.15) is 23.2 Å². The summed E-state index contributed by atoms with van der Waals surface area (Å²) in [5.74, 6) is -1.23. The minimum absolute atomic E-state index is 0.0384. The fourth-order valence-corrected chi connectivity index (χ4v) is 3.59. The SMILES string of the molecule is CNC(=O)c1cn2ncnc(N)c2c1-c1ccc(Nc2nc3c(F)cc(F)cc3[nH]2)cc1. The predicted octanol–water partition coefficient (Wildman–Crippen LogP) is 3.24. The second kappa shape index (κ2) is 7.30. The van der Waals surface area contributed by atoms with Gasteiger partial charge in [0.15, 0.2) is 11.6 Å². The van der Waals surface area contributed by atoms with Gasteiger partial charge in [-0.15, -0.1) is 0 Å². The monoisotopic (exact) mass is 434 g/mol. The average Bonchev–Trinajstić information content (AvgIpc) is 3.36. The first-order chi connectivity index (χ1) is 15.4. The zero-order valence-corrected chi connectivity index (χ0v) is 16.6. The normalized spacial score (nSPS) is 11.2. The van der Waals surface area contributed by atoms with Crippen molar-refractivity contribution in [1.82, 2.24) is 29.9 Å². The van der Waals surface area contributed by atoms with E-state index in [9.17, 15) is 13.6 Å². The molecule has 0 bridgehead atoms. The highest BCUT2D eigenvalue weighted by Gasteiger charge is 2.21. The third-order valence-electron chi connectivity index (χ3n) is 5.01. The summed E-state index contributed by atoms with van der Waals surface area (Å²) in [7, 11) is 1.54. The molecule has 0 unspecified atom stereocenters. The lowest BCUT2D eigenvalue weighted by molar-refractivity contribution is 0.0963. The maximum Gasteiger partial charge on any atom is 0.253 e. The standard InChI is InChI=1S/C21H16F2N8O/c1-25-20(32)13-8-31-18(19(24)26-9-27-31)16(13)10-2-4-12(5-3-10)28-21-29-15-7-11(22)6-14(23)17(15)30-21/h2-9H,1H3,(H,25,32)(H2,24,26,27)(H2,28,29,30). The first-order valence-corrected chi connectivity index (χ1v) is 9.50. The van der Waals surface area contributed by atoms with Crippen molar-refractivity contribution >= 4 is 39.9 Å². The Kier molecular flexibility index (Phi) is 4.43. The van der Waals surface area contributed by atoms with Crippen molar-refractivity contribution in [2.45, 2.75) is 0 Å². The quantitative estimate of drug-likeness (QED) is 0.344. The van der Waals surface area contributed by atoms with Gasteiger partial charge in [0.05, 0.1) is 11.1 Å². The van der Waals surface area contributed by atoms with E-state index in [4.69, 9.17) is 5.73 Å². The number of carbonyl (C=O) groups is 1. The van der Waals surface area contributed by atoms with Crippen molar-refractivity contribution in [3.05, 3.63) is 66.1 Å². The van der Waals surface area contributed by atoms with E-state index >= 15 is 0 Å². The van der Waals surface area contributed by atoms with E-state index in [-0.39, 0.29) is 28.7 Å². The Bertz CT molecular complexity index is 1490. The Morgan fingerprint density at radius 2 is 1.97 bits per heavy atom. The molecule has 0 radical (unpaired) electrons. The number of nitrogens with two attached hydrogens (primary N) is 1. The van der Waals surface area contributed by atoms with Crippen LogP contribution in [-0.4, -0.2) is 37.5 Å². The van der Waals surface area contributed by atoms with E-state index in [1.54, 1.807) is 37.5 Å². The number of hydrogen-bond donors (Lipinski definition) is 4. The van der Waals surface area contributed by atoms with Crippen molar-refractivity contribution in [3.8, 4) is 11.1 Å². The number of nitrogen functional groups attached to an aromatic ring is 1. The first-order valence-electron chi connectivity index (χ1n) is 9.50. The molecule has 3 heterocycles. The molecular weight excluding hydrogens is 418 g/mol. The van der Waals surface area contributed by atoms with Gasteiger partial charge >= 0.3 is 0 Å². The summed E-state index contributed by atoms with van der Waals surface area (Å²) in [4.78, 5) is 23.4. The second-order valence-electron chi connectivity index (χ2n) is 7.01. The van der Waals surface area contributed by atoms with Crippen molar-refractivity contribution in [3.63, 3.8) is 0 Å². The van der Waals surface area contributed by atoms with Gasteiger partial charge in [-0.3, -0.25) is 4.79 Å². The van der Waals surface area contributed by atoms with Crippen LogP contribution in [0.4, 0.5) is 26.2 Å². The molecule has 0 aliphatic rings. The summed E-state index contributed by atoms with van der Waals surface area (Å²) in [6, 6.07) is 9.06. The van der Waals surface area contributed by atoms with Crippen LogP contribution in [0.5, 0.6) is 0 Å². The number of imidazole rings is 1. The van der Waals surface area contributed by atoms with Crippen LogP contribution >= 0.6 is 0 Å². The lowest BCUT2D eigenvalue weighted by Gasteiger charge is -2.08. The number of amides is 1. The van der Waals surface area contributed by atoms with Crippen molar-refractivity contribution in [2.24, 2.45) is 0 Å². The zero-order valence-electron chi connectivity index (χ0n) is 16.6. The molecule has 0 saturated heterocycles. The van der Waals surface area contributed by atoms with E-state index in [0.717, 1.165) is 11.6 Å². The summed E-state index contributed by atoms with van der Waals surface area (Å²) in [5.41, 5.74) is 9.20. The molecule has 0 spiro atoms. The molecular formula is C21H16F2N8O. The van der Waals surface area contributed by atoms with E-state index < -0.39 is 11.6 Å². The Morgan fingerprint density at radius 1 is 1.19 bits per heavy atom. The largest absolute Gasteiger partial charge is 0.382 e. The highest BCUT2D eigenvalue weighted by molar-refractivity contribution is 6.07. The van der Waals surface area contributed by atoms with Crippen LogP contribution in [0.1, 0.15) is 10.4 Å². The maximum atomic E-state index is 13.9. The number of nitrogens with zero attached hydrogens (tertiary/aromatic N) is 4. The molecule has 9 nitrogen and oxygen atoms in total. The number of aromatic amines is 1. The lowest BCUT2D eigenvalue weighted by atomic mass is 10.0. The Hall–Kier alpha value is -4.54. The molecule has 2 aromatic carbocycles. The summed E-state index contributed by atoms with van der Waals surface area (Å²) in [6.45, 7) is 0. The summed E-state index contributed by atoms with van der Waals surface area (Å²) >= 11 is 0. The number of aromatic nitrogens is 5. The van der Waals surface area contributed by atoms with Gasteiger partial charge in [0.25, 0.3) is 5.91 Å². The highest BCUT2D eigenvalue weighted by atomic mass is 19.1. The fraction of sp³-hybridized carbons (Fsp3) is 0.0476. The van der Waals surface area contributed by atoms with E-state index in [1.165, 1.54) is 16.9 Å². The Morgan fingerprint density at radius 3 is 2.72 bits per heavy atom. The van der Waals surface area contributed by atoms with Crippen LogP contribution in [0.25, 0.3) is 27.7 Å². The molecule has 32 heavy (non-hydrogen) atoms. The molecule has 3 aromatic heterocycles. The van der Waals surface area contributed by atoms with Gasteiger partial charge < -0.3 is 21.4 Å². The molecule has 0 fully saturated rings.